The van der Waals surface area contributed by atoms with E-state index in [1.54, 1.807) is 25.3 Å². The third-order valence-corrected chi connectivity index (χ3v) is 4.97. The van der Waals surface area contributed by atoms with Crippen molar-refractivity contribution in [3.8, 4) is 5.75 Å². The molecule has 0 aliphatic carbocycles. The van der Waals surface area contributed by atoms with Crippen molar-refractivity contribution in [1.82, 2.24) is 0 Å². The Morgan fingerprint density at radius 2 is 2.26 bits per heavy atom. The first kappa shape index (κ1) is 15.0. The summed E-state index contributed by atoms with van der Waals surface area (Å²) in [4.78, 5) is 16.1. The maximum atomic E-state index is 11.8. The van der Waals surface area contributed by atoms with E-state index in [1.807, 2.05) is 6.26 Å². The van der Waals surface area contributed by atoms with E-state index in [4.69, 9.17) is 16.3 Å². The van der Waals surface area contributed by atoms with Crippen LogP contribution in [0, 0.1) is 0 Å². The van der Waals surface area contributed by atoms with Gasteiger partial charge in [0.1, 0.15) is 15.8 Å². The van der Waals surface area contributed by atoms with E-state index in [0.29, 0.717) is 16.5 Å². The van der Waals surface area contributed by atoms with Crippen LogP contribution >= 0.6 is 51.1 Å². The van der Waals surface area contributed by atoms with Gasteiger partial charge in [0, 0.05) is 10.6 Å². The van der Waals surface area contributed by atoms with Gasteiger partial charge in [0.25, 0.3) is 0 Å². The number of ether oxygens (including phenoxy) is 1. The van der Waals surface area contributed by atoms with Gasteiger partial charge in [-0.05, 0) is 52.2 Å². The number of thioether (sulfide) groups is 2. The third kappa shape index (κ3) is 3.37. The molecule has 1 aromatic carbocycles. The molecule has 0 saturated carbocycles. The molecular weight excluding hydrogens is 370 g/mol. The van der Waals surface area contributed by atoms with Gasteiger partial charge in [0.2, 0.25) is 5.12 Å². The minimum Gasteiger partial charge on any atom is -0.495 e. The van der Waals surface area contributed by atoms with Crippen molar-refractivity contribution in [2.24, 2.45) is 4.99 Å². The van der Waals surface area contributed by atoms with Gasteiger partial charge < -0.3 is 4.74 Å². The van der Waals surface area contributed by atoms with Crippen LogP contribution in [-0.2, 0) is 4.79 Å². The standard InChI is InChI=1S/C12H9BrClNO2S2/c1-17-10-6(3-7(14)5-8(10)13)4-9-11(16)19-12(15-9)18-2/h3-5H,1-2H3/b9-4+. The molecular formula is C12H9BrClNO2S2. The first-order valence-corrected chi connectivity index (χ1v) is 8.36. The van der Waals surface area contributed by atoms with Crippen molar-refractivity contribution in [3.05, 3.63) is 32.9 Å². The molecule has 19 heavy (non-hydrogen) atoms. The molecule has 0 fully saturated rings. The van der Waals surface area contributed by atoms with Gasteiger partial charge in [0.15, 0.2) is 0 Å². The van der Waals surface area contributed by atoms with Crippen molar-refractivity contribution in [2.75, 3.05) is 13.4 Å². The highest BCUT2D eigenvalue weighted by molar-refractivity contribution is 9.10. The van der Waals surface area contributed by atoms with Gasteiger partial charge in [-0.25, -0.2) is 4.99 Å². The monoisotopic (exact) mass is 377 g/mol. The Hall–Kier alpha value is -0.430. The van der Waals surface area contributed by atoms with E-state index in [0.717, 1.165) is 26.2 Å². The molecule has 0 radical (unpaired) electrons. The highest BCUT2D eigenvalue weighted by Crippen LogP contribution is 2.36. The lowest BCUT2D eigenvalue weighted by Crippen LogP contribution is -1.92. The Labute approximate surface area is 133 Å². The van der Waals surface area contributed by atoms with Gasteiger partial charge in [-0.2, -0.15) is 0 Å². The van der Waals surface area contributed by atoms with E-state index in [1.165, 1.54) is 11.8 Å². The van der Waals surface area contributed by atoms with Crippen LogP contribution in [0.1, 0.15) is 5.56 Å². The van der Waals surface area contributed by atoms with Gasteiger partial charge in [-0.3, -0.25) is 4.79 Å². The Bertz CT molecular complexity index is 602. The zero-order valence-electron chi connectivity index (χ0n) is 10.1. The largest absolute Gasteiger partial charge is 0.495 e. The Morgan fingerprint density at radius 3 is 2.84 bits per heavy atom. The molecule has 0 saturated heterocycles. The van der Waals surface area contributed by atoms with Crippen molar-refractivity contribution in [3.63, 3.8) is 0 Å². The smallest absolute Gasteiger partial charge is 0.244 e. The number of carbonyl (C=O) groups excluding carboxylic acids is 1. The average molecular weight is 379 g/mol. The molecule has 0 bridgehead atoms. The predicted octanol–water partition coefficient (Wildman–Crippen LogP) is 4.44. The molecule has 0 atom stereocenters. The summed E-state index contributed by atoms with van der Waals surface area (Å²) < 4.78 is 6.79. The van der Waals surface area contributed by atoms with Crippen molar-refractivity contribution >= 4 is 66.6 Å². The summed E-state index contributed by atoms with van der Waals surface area (Å²) >= 11 is 12.0. The number of benzene rings is 1. The van der Waals surface area contributed by atoms with Crippen LogP contribution in [-0.4, -0.2) is 22.9 Å². The topological polar surface area (TPSA) is 38.7 Å². The lowest BCUT2D eigenvalue weighted by molar-refractivity contribution is -0.107. The Kier molecular flexibility index (Phi) is 5.00. The number of nitrogens with zero attached hydrogens (tertiary/aromatic N) is 1. The van der Waals surface area contributed by atoms with Crippen LogP contribution in [0.5, 0.6) is 5.75 Å². The first-order chi connectivity index (χ1) is 9.05. The van der Waals surface area contributed by atoms with Crippen LogP contribution in [0.25, 0.3) is 6.08 Å². The first-order valence-electron chi connectivity index (χ1n) is 5.14. The molecule has 0 spiro atoms. The van der Waals surface area contributed by atoms with Gasteiger partial charge in [-0.1, -0.05) is 11.6 Å². The second-order valence-electron chi connectivity index (χ2n) is 3.51. The number of methoxy groups -OCH3 is 1. The summed E-state index contributed by atoms with van der Waals surface area (Å²) in [5.41, 5.74) is 1.12. The summed E-state index contributed by atoms with van der Waals surface area (Å²) in [5, 5.41) is 0.495. The number of hydrogen-bond donors (Lipinski definition) is 0. The zero-order valence-corrected chi connectivity index (χ0v) is 14.0. The van der Waals surface area contributed by atoms with E-state index in [-0.39, 0.29) is 5.12 Å². The molecule has 1 heterocycles. The molecule has 1 aliphatic rings. The average Bonchev–Trinajstić information content (AvgIpc) is 2.70. The van der Waals surface area contributed by atoms with E-state index in [9.17, 15) is 4.79 Å². The second-order valence-corrected chi connectivity index (χ2v) is 6.82. The summed E-state index contributed by atoms with van der Waals surface area (Å²) in [6, 6.07) is 3.48. The van der Waals surface area contributed by atoms with E-state index >= 15 is 0 Å². The molecule has 0 amide bonds. The molecule has 100 valence electrons. The summed E-state index contributed by atoms with van der Waals surface area (Å²) in [5.74, 6) is 0.627. The van der Waals surface area contributed by atoms with Crippen LogP contribution in [0.2, 0.25) is 5.02 Å². The van der Waals surface area contributed by atoms with E-state index in [2.05, 4.69) is 20.9 Å². The summed E-state index contributed by atoms with van der Waals surface area (Å²) in [6.45, 7) is 0. The number of rotatable bonds is 2. The quantitative estimate of drug-likeness (QED) is 0.713. The molecule has 1 aliphatic heterocycles. The fourth-order valence-electron chi connectivity index (χ4n) is 1.53. The minimum atomic E-state index is -0.0671. The number of aliphatic imine (C=N–C) groups is 1. The predicted molar refractivity (Wildman–Crippen MR) is 87.2 cm³/mol. The molecule has 0 unspecified atom stereocenters. The Morgan fingerprint density at radius 1 is 1.53 bits per heavy atom. The molecule has 1 aromatic rings. The number of halogens is 2. The second kappa shape index (κ2) is 6.35. The molecule has 7 heteroatoms. The van der Waals surface area contributed by atoms with Crippen molar-refractivity contribution < 1.29 is 9.53 Å². The molecule has 2 rings (SSSR count). The van der Waals surface area contributed by atoms with Crippen LogP contribution < -0.4 is 4.74 Å². The van der Waals surface area contributed by atoms with Crippen LogP contribution in [0.15, 0.2) is 27.3 Å². The number of carbonyl (C=O) groups is 1. The van der Waals surface area contributed by atoms with Gasteiger partial charge in [-0.15, -0.1) is 11.8 Å². The maximum absolute atomic E-state index is 11.8. The SMILES string of the molecule is COc1c(Br)cc(Cl)cc1/C=C1/N=C(SC)SC1=O. The molecule has 0 aromatic heterocycles. The summed E-state index contributed by atoms with van der Waals surface area (Å²) in [7, 11) is 1.57. The highest BCUT2D eigenvalue weighted by atomic mass is 79.9. The summed E-state index contributed by atoms with van der Waals surface area (Å²) in [6.07, 6.45) is 3.58. The van der Waals surface area contributed by atoms with Crippen molar-refractivity contribution in [1.29, 1.82) is 0 Å². The highest BCUT2D eigenvalue weighted by Gasteiger charge is 2.22. The number of hydrogen-bond acceptors (Lipinski definition) is 5. The van der Waals surface area contributed by atoms with E-state index < -0.39 is 0 Å². The lowest BCUT2D eigenvalue weighted by Gasteiger charge is -2.08. The maximum Gasteiger partial charge on any atom is 0.244 e. The Balaban J connectivity index is 2.49. The molecule has 3 nitrogen and oxygen atoms in total. The fraction of sp³-hybridized carbons (Fsp3) is 0.167. The van der Waals surface area contributed by atoms with Crippen LogP contribution in [0.4, 0.5) is 0 Å². The minimum absolute atomic E-state index is 0.0671. The van der Waals surface area contributed by atoms with Gasteiger partial charge >= 0.3 is 0 Å². The molecule has 0 N–H and O–H groups in total. The zero-order chi connectivity index (χ0) is 14.0. The lowest BCUT2D eigenvalue weighted by atomic mass is 10.1. The normalized spacial score (nSPS) is 16.9. The van der Waals surface area contributed by atoms with Crippen molar-refractivity contribution in [2.45, 2.75) is 0 Å². The third-order valence-electron chi connectivity index (χ3n) is 2.31. The van der Waals surface area contributed by atoms with Crippen LogP contribution in [0.3, 0.4) is 0 Å². The fourth-order valence-corrected chi connectivity index (χ4v) is 3.78. The van der Waals surface area contributed by atoms with Gasteiger partial charge in [0.05, 0.1) is 11.6 Å².